The van der Waals surface area contributed by atoms with Gasteiger partial charge >= 0.3 is 6.18 Å². The molecule has 0 fully saturated rings. The van der Waals surface area contributed by atoms with Crippen LogP contribution in [0.15, 0.2) is 53.8 Å². The number of alkyl halides is 3. The minimum atomic E-state index is -4.59. The first-order valence-electron chi connectivity index (χ1n) is 7.61. The van der Waals surface area contributed by atoms with Crippen molar-refractivity contribution >= 4 is 11.6 Å². The van der Waals surface area contributed by atoms with Crippen LogP contribution >= 0.6 is 0 Å². The van der Waals surface area contributed by atoms with Crippen LogP contribution in [0.3, 0.4) is 0 Å². The van der Waals surface area contributed by atoms with Gasteiger partial charge in [-0.15, -0.1) is 0 Å². The fraction of sp³-hybridized carbons (Fsp3) is 0.278. The van der Waals surface area contributed by atoms with Crippen LogP contribution < -0.4 is 16.6 Å². The van der Waals surface area contributed by atoms with Gasteiger partial charge in [0.25, 0.3) is 5.91 Å². The maximum atomic E-state index is 13.2. The van der Waals surface area contributed by atoms with E-state index in [9.17, 15) is 18.0 Å². The topological polar surface area (TPSA) is 76.4 Å². The van der Waals surface area contributed by atoms with Crippen molar-refractivity contribution in [1.82, 2.24) is 5.32 Å². The van der Waals surface area contributed by atoms with Gasteiger partial charge in [-0.2, -0.15) is 13.2 Å². The molecule has 0 aliphatic rings. The van der Waals surface area contributed by atoms with E-state index in [2.05, 4.69) is 17.3 Å². The van der Waals surface area contributed by atoms with Crippen molar-refractivity contribution in [2.24, 2.45) is 5.84 Å². The van der Waals surface area contributed by atoms with Crippen LogP contribution in [0.2, 0.25) is 0 Å². The minimum Gasteiger partial charge on any atom is -0.378 e. The highest BCUT2D eigenvalue weighted by atomic mass is 19.4. The number of hydrogen-bond donors (Lipinski definition) is 3. The number of aryl methyl sites for hydroxylation is 1. The molecule has 0 saturated carbocycles. The van der Waals surface area contributed by atoms with Gasteiger partial charge in [-0.3, -0.25) is 10.6 Å². The first-order chi connectivity index (χ1) is 12.1. The Morgan fingerprint density at radius 1 is 1.35 bits per heavy atom. The predicted molar refractivity (Wildman–Crippen MR) is 95.4 cm³/mol. The Labute approximate surface area is 150 Å². The molecule has 1 aromatic rings. The smallest absolute Gasteiger partial charge is 0.378 e. The second-order valence-corrected chi connectivity index (χ2v) is 5.67. The number of allylic oxidation sites excluding steroid dienone is 4. The van der Waals surface area contributed by atoms with E-state index in [4.69, 9.17) is 10.6 Å². The normalized spacial score (nSPS) is 12.7. The SMILES string of the molecule is C=C(C)/C=C(\C=C(/COC)NC(=O)c1ccc(C)c(NN)c1)C(F)(F)F. The van der Waals surface area contributed by atoms with Crippen molar-refractivity contribution in [3.8, 4) is 0 Å². The third-order valence-electron chi connectivity index (χ3n) is 3.29. The van der Waals surface area contributed by atoms with Crippen LogP contribution in [-0.2, 0) is 4.74 Å². The zero-order valence-corrected chi connectivity index (χ0v) is 14.8. The fourth-order valence-electron chi connectivity index (χ4n) is 2.06. The van der Waals surface area contributed by atoms with Crippen LogP contribution in [-0.4, -0.2) is 25.8 Å². The lowest BCUT2D eigenvalue weighted by Gasteiger charge is -2.14. The Bertz CT molecular complexity index is 738. The van der Waals surface area contributed by atoms with E-state index in [1.165, 1.54) is 20.1 Å². The van der Waals surface area contributed by atoms with Crippen molar-refractivity contribution in [3.63, 3.8) is 0 Å². The molecule has 26 heavy (non-hydrogen) atoms. The Kier molecular flexibility index (Phi) is 7.60. The van der Waals surface area contributed by atoms with Crippen molar-refractivity contribution in [1.29, 1.82) is 0 Å². The van der Waals surface area contributed by atoms with Gasteiger partial charge in [-0.05, 0) is 43.7 Å². The summed E-state index contributed by atoms with van der Waals surface area (Å²) < 4.78 is 44.4. The molecular formula is C18H22F3N3O2. The van der Waals surface area contributed by atoms with Gasteiger partial charge in [0, 0.05) is 18.4 Å². The first kappa shape index (κ1) is 21.5. The number of anilines is 1. The van der Waals surface area contributed by atoms with Gasteiger partial charge in [0.15, 0.2) is 0 Å². The average Bonchev–Trinajstić information content (AvgIpc) is 2.53. The molecule has 0 saturated heterocycles. The number of carbonyl (C=O) groups excluding carboxylic acids is 1. The highest BCUT2D eigenvalue weighted by Crippen LogP contribution is 2.28. The Balaban J connectivity index is 3.17. The quantitative estimate of drug-likeness (QED) is 0.390. The van der Waals surface area contributed by atoms with Crippen LogP contribution in [0.4, 0.5) is 18.9 Å². The molecule has 0 spiro atoms. The van der Waals surface area contributed by atoms with E-state index in [1.54, 1.807) is 19.1 Å². The predicted octanol–water partition coefficient (Wildman–Crippen LogP) is 3.61. The number of nitrogens with two attached hydrogens (primary N) is 1. The van der Waals surface area contributed by atoms with Gasteiger partial charge in [-0.25, -0.2) is 0 Å². The van der Waals surface area contributed by atoms with E-state index >= 15 is 0 Å². The molecule has 142 valence electrons. The standard InChI is InChI=1S/C18H22F3N3O2/c1-11(2)7-14(18(19,20)21)9-15(10-26-4)23-17(25)13-6-5-12(3)16(8-13)24-22/h5-9,24H,1,10,22H2,2-4H3,(H,23,25)/b14-7+,15-9+. The Hall–Kier alpha value is -2.58. The molecule has 1 amide bonds. The monoisotopic (exact) mass is 369 g/mol. The molecule has 5 nitrogen and oxygen atoms in total. The summed E-state index contributed by atoms with van der Waals surface area (Å²) >= 11 is 0. The van der Waals surface area contributed by atoms with E-state index < -0.39 is 17.7 Å². The number of hydrogen-bond acceptors (Lipinski definition) is 4. The number of halogens is 3. The highest BCUT2D eigenvalue weighted by molar-refractivity contribution is 5.96. The number of benzene rings is 1. The number of methoxy groups -OCH3 is 1. The second-order valence-electron chi connectivity index (χ2n) is 5.67. The zero-order valence-electron chi connectivity index (χ0n) is 14.8. The number of ether oxygens (including phenoxy) is 1. The number of amides is 1. The Morgan fingerprint density at radius 2 is 2.00 bits per heavy atom. The molecule has 0 radical (unpaired) electrons. The van der Waals surface area contributed by atoms with Gasteiger partial charge in [-0.1, -0.05) is 18.2 Å². The van der Waals surface area contributed by atoms with Crippen LogP contribution in [0, 0.1) is 6.92 Å². The number of carbonyl (C=O) groups is 1. The van der Waals surface area contributed by atoms with Gasteiger partial charge in [0.2, 0.25) is 0 Å². The third-order valence-corrected chi connectivity index (χ3v) is 3.29. The van der Waals surface area contributed by atoms with Crippen LogP contribution in [0.25, 0.3) is 0 Å². The molecule has 8 heteroatoms. The summed E-state index contributed by atoms with van der Waals surface area (Å²) in [5.41, 5.74) is 3.30. The van der Waals surface area contributed by atoms with E-state index in [0.717, 1.165) is 17.7 Å². The lowest BCUT2D eigenvalue weighted by atomic mass is 10.1. The lowest BCUT2D eigenvalue weighted by molar-refractivity contribution is -0.0883. The van der Waals surface area contributed by atoms with Crippen LogP contribution in [0.5, 0.6) is 0 Å². The third kappa shape index (κ3) is 6.38. The summed E-state index contributed by atoms with van der Waals surface area (Å²) in [5.74, 6) is 4.79. The molecule has 0 atom stereocenters. The summed E-state index contributed by atoms with van der Waals surface area (Å²) in [6.45, 7) is 6.49. The molecule has 0 heterocycles. The first-order valence-corrected chi connectivity index (χ1v) is 7.61. The zero-order chi connectivity index (χ0) is 19.9. The van der Waals surface area contributed by atoms with E-state index in [1.807, 2.05) is 0 Å². The van der Waals surface area contributed by atoms with Crippen LogP contribution in [0.1, 0.15) is 22.8 Å². The molecular weight excluding hydrogens is 347 g/mol. The van der Waals surface area contributed by atoms with Gasteiger partial charge in [0.05, 0.1) is 17.9 Å². The van der Waals surface area contributed by atoms with E-state index in [-0.39, 0.29) is 23.4 Å². The molecule has 0 aliphatic heterocycles. The van der Waals surface area contributed by atoms with Crippen molar-refractivity contribution in [3.05, 3.63) is 64.9 Å². The average molecular weight is 369 g/mol. The van der Waals surface area contributed by atoms with Gasteiger partial charge in [0.1, 0.15) is 0 Å². The lowest BCUT2D eigenvalue weighted by Crippen LogP contribution is -2.26. The maximum Gasteiger partial charge on any atom is 0.416 e. The van der Waals surface area contributed by atoms with Gasteiger partial charge < -0.3 is 15.5 Å². The van der Waals surface area contributed by atoms with Crippen molar-refractivity contribution < 1.29 is 22.7 Å². The molecule has 0 bridgehead atoms. The number of nitrogen functional groups attached to an aromatic ring is 1. The summed E-state index contributed by atoms with van der Waals surface area (Å²) in [7, 11) is 1.32. The largest absolute Gasteiger partial charge is 0.416 e. The summed E-state index contributed by atoms with van der Waals surface area (Å²) in [4.78, 5) is 12.4. The van der Waals surface area contributed by atoms with Crippen molar-refractivity contribution in [2.75, 3.05) is 19.1 Å². The fourth-order valence-corrected chi connectivity index (χ4v) is 2.06. The molecule has 4 N–H and O–H groups in total. The summed E-state index contributed by atoms with van der Waals surface area (Å²) in [6.07, 6.45) is -2.88. The molecule has 1 rings (SSSR count). The second kappa shape index (κ2) is 9.21. The minimum absolute atomic E-state index is 0.0369. The number of nitrogens with one attached hydrogen (secondary N) is 2. The summed E-state index contributed by atoms with van der Waals surface area (Å²) in [5, 5.41) is 2.44. The Morgan fingerprint density at radius 3 is 2.50 bits per heavy atom. The molecule has 0 aliphatic carbocycles. The highest BCUT2D eigenvalue weighted by Gasteiger charge is 2.32. The maximum absolute atomic E-state index is 13.2. The number of rotatable bonds is 7. The number of hydrazine groups is 1. The van der Waals surface area contributed by atoms with E-state index in [0.29, 0.717) is 5.69 Å². The molecule has 1 aromatic carbocycles. The molecule has 0 aromatic heterocycles. The van der Waals surface area contributed by atoms with Crippen molar-refractivity contribution in [2.45, 2.75) is 20.0 Å². The summed E-state index contributed by atoms with van der Waals surface area (Å²) in [6, 6.07) is 4.72. The molecule has 0 unspecified atom stereocenters.